The van der Waals surface area contributed by atoms with Crippen LogP contribution in [0.3, 0.4) is 0 Å². The quantitative estimate of drug-likeness (QED) is 0.632. The Bertz CT molecular complexity index is 395. The molecule has 1 N–H and O–H groups in total. The van der Waals surface area contributed by atoms with Gasteiger partial charge in [-0.3, -0.25) is 9.69 Å². The van der Waals surface area contributed by atoms with Crippen LogP contribution in [0.15, 0.2) is 0 Å². The monoisotopic (exact) mass is 262 g/mol. The van der Waals surface area contributed by atoms with Gasteiger partial charge in [-0.25, -0.2) is 8.42 Å². The molecule has 2 atom stereocenters. The summed E-state index contributed by atoms with van der Waals surface area (Å²) in [5.74, 6) is 0.166. The van der Waals surface area contributed by atoms with E-state index in [0.29, 0.717) is 13.0 Å². The van der Waals surface area contributed by atoms with E-state index >= 15 is 0 Å². The fourth-order valence-electron chi connectivity index (χ4n) is 2.56. The molecule has 2 aliphatic heterocycles. The molecule has 0 aliphatic carbocycles. The number of carbonyl (C=O) groups excluding carboxylic acids is 1. The lowest BCUT2D eigenvalue weighted by Crippen LogP contribution is -2.57. The van der Waals surface area contributed by atoms with Crippen LogP contribution in [-0.2, 0) is 19.4 Å². The van der Waals surface area contributed by atoms with Gasteiger partial charge in [0.15, 0.2) is 9.84 Å². The number of methoxy groups -OCH3 is 1. The summed E-state index contributed by atoms with van der Waals surface area (Å²) in [5, 5.41) is 3.23. The van der Waals surface area contributed by atoms with Crippen molar-refractivity contribution in [2.24, 2.45) is 0 Å². The third-order valence-corrected chi connectivity index (χ3v) is 5.14. The number of rotatable bonds is 3. The molecular formula is C10H18N2O4S. The Morgan fingerprint density at radius 3 is 2.94 bits per heavy atom. The molecule has 0 aromatic carbocycles. The Morgan fingerprint density at radius 2 is 2.24 bits per heavy atom. The zero-order valence-electron chi connectivity index (χ0n) is 9.89. The first-order valence-electron chi connectivity index (χ1n) is 5.76. The second kappa shape index (κ2) is 4.91. The Kier molecular flexibility index (Phi) is 3.70. The number of sulfone groups is 1. The molecule has 0 aromatic rings. The Morgan fingerprint density at radius 1 is 1.47 bits per heavy atom. The highest BCUT2D eigenvalue weighted by atomic mass is 32.2. The van der Waals surface area contributed by atoms with E-state index in [2.05, 4.69) is 15.0 Å². The molecule has 0 unspecified atom stereocenters. The van der Waals surface area contributed by atoms with Gasteiger partial charge in [-0.05, 0) is 0 Å². The maximum absolute atomic E-state index is 11.6. The third-order valence-electron chi connectivity index (χ3n) is 3.43. The molecule has 0 saturated carbocycles. The summed E-state index contributed by atoms with van der Waals surface area (Å²) in [7, 11) is -1.56. The van der Waals surface area contributed by atoms with E-state index in [-0.39, 0.29) is 29.6 Å². The number of ether oxygens (including phenoxy) is 1. The van der Waals surface area contributed by atoms with Gasteiger partial charge in [0, 0.05) is 31.7 Å². The number of nitrogens with zero attached hydrogens (tertiary/aromatic N) is 1. The van der Waals surface area contributed by atoms with Crippen LogP contribution in [0.5, 0.6) is 0 Å². The van der Waals surface area contributed by atoms with Crippen LogP contribution in [-0.4, -0.2) is 69.6 Å². The van der Waals surface area contributed by atoms with Crippen molar-refractivity contribution in [2.75, 3.05) is 38.2 Å². The van der Waals surface area contributed by atoms with Crippen molar-refractivity contribution in [2.45, 2.75) is 18.5 Å². The summed E-state index contributed by atoms with van der Waals surface area (Å²) in [5.41, 5.74) is 0. The number of piperazine rings is 1. The van der Waals surface area contributed by atoms with Crippen LogP contribution < -0.4 is 5.32 Å². The number of hydrogen-bond donors (Lipinski definition) is 1. The molecule has 6 nitrogen and oxygen atoms in total. The van der Waals surface area contributed by atoms with Gasteiger partial charge in [-0.2, -0.15) is 0 Å². The highest BCUT2D eigenvalue weighted by Crippen LogP contribution is 2.21. The normalized spacial score (nSPS) is 32.1. The minimum absolute atomic E-state index is 0.0124. The molecule has 0 amide bonds. The van der Waals surface area contributed by atoms with Gasteiger partial charge in [0.05, 0.1) is 25.0 Å². The molecular weight excluding hydrogens is 244 g/mol. The molecule has 98 valence electrons. The SMILES string of the molecule is COC(=O)CCN1CCN[C@@H]2CS(=O)(=O)C[C@H]21. The predicted octanol–water partition coefficient (Wildman–Crippen LogP) is -1.38. The average Bonchev–Trinajstić information content (AvgIpc) is 2.60. The van der Waals surface area contributed by atoms with Crippen molar-refractivity contribution in [1.29, 1.82) is 0 Å². The van der Waals surface area contributed by atoms with E-state index in [4.69, 9.17) is 0 Å². The van der Waals surface area contributed by atoms with Crippen LogP contribution in [0.1, 0.15) is 6.42 Å². The zero-order valence-corrected chi connectivity index (χ0v) is 10.7. The molecule has 0 aromatic heterocycles. The third kappa shape index (κ3) is 2.97. The van der Waals surface area contributed by atoms with Crippen molar-refractivity contribution in [3.8, 4) is 0 Å². The van der Waals surface area contributed by atoms with E-state index in [1.807, 2.05) is 0 Å². The van der Waals surface area contributed by atoms with Gasteiger partial charge >= 0.3 is 5.97 Å². The van der Waals surface area contributed by atoms with Crippen molar-refractivity contribution in [1.82, 2.24) is 10.2 Å². The Hall–Kier alpha value is -0.660. The number of nitrogens with one attached hydrogen (secondary N) is 1. The van der Waals surface area contributed by atoms with Crippen LogP contribution in [0, 0.1) is 0 Å². The van der Waals surface area contributed by atoms with Crippen LogP contribution in [0.25, 0.3) is 0 Å². The van der Waals surface area contributed by atoms with Crippen molar-refractivity contribution in [3.05, 3.63) is 0 Å². The summed E-state index contributed by atoms with van der Waals surface area (Å²) >= 11 is 0. The minimum Gasteiger partial charge on any atom is -0.469 e. The molecule has 2 fully saturated rings. The molecule has 2 heterocycles. The standard InChI is InChI=1S/C10H18N2O4S/c1-16-10(13)2-4-12-5-3-11-8-6-17(14,15)7-9(8)12/h8-9,11H,2-7H2,1H3/t8-,9-/m1/s1. The summed E-state index contributed by atoms with van der Waals surface area (Å²) in [4.78, 5) is 13.2. The highest BCUT2D eigenvalue weighted by molar-refractivity contribution is 7.91. The molecule has 0 spiro atoms. The van der Waals surface area contributed by atoms with Crippen molar-refractivity contribution in [3.63, 3.8) is 0 Å². The maximum Gasteiger partial charge on any atom is 0.306 e. The molecule has 17 heavy (non-hydrogen) atoms. The second-order valence-electron chi connectivity index (χ2n) is 4.57. The first kappa shape index (κ1) is 12.8. The zero-order chi connectivity index (χ0) is 12.5. The summed E-state index contributed by atoms with van der Waals surface area (Å²) in [6, 6.07) is 0.0322. The largest absolute Gasteiger partial charge is 0.469 e. The molecule has 2 rings (SSSR count). The van der Waals surface area contributed by atoms with Crippen LogP contribution >= 0.6 is 0 Å². The molecule has 7 heteroatoms. The fraction of sp³-hybridized carbons (Fsp3) is 0.900. The highest BCUT2D eigenvalue weighted by Gasteiger charge is 2.42. The van der Waals surface area contributed by atoms with Gasteiger partial charge in [-0.1, -0.05) is 0 Å². The van der Waals surface area contributed by atoms with E-state index in [0.717, 1.165) is 13.1 Å². The molecule has 0 radical (unpaired) electrons. The van der Waals surface area contributed by atoms with Gasteiger partial charge in [0.1, 0.15) is 0 Å². The number of fused-ring (bicyclic) bond motifs is 1. The minimum atomic E-state index is -2.93. The van der Waals surface area contributed by atoms with Gasteiger partial charge in [0.25, 0.3) is 0 Å². The lowest BCUT2D eigenvalue weighted by Gasteiger charge is -2.37. The Labute approximate surface area is 101 Å². The van der Waals surface area contributed by atoms with E-state index in [9.17, 15) is 13.2 Å². The van der Waals surface area contributed by atoms with Gasteiger partial charge in [0.2, 0.25) is 0 Å². The summed E-state index contributed by atoms with van der Waals surface area (Å²) in [6.07, 6.45) is 0.319. The number of hydrogen-bond acceptors (Lipinski definition) is 6. The summed E-state index contributed by atoms with van der Waals surface area (Å²) < 4.78 is 27.8. The lowest BCUT2D eigenvalue weighted by atomic mass is 10.1. The van der Waals surface area contributed by atoms with Crippen LogP contribution in [0.2, 0.25) is 0 Å². The fourth-order valence-corrected chi connectivity index (χ4v) is 4.54. The molecule has 0 bridgehead atoms. The molecule has 2 aliphatic rings. The van der Waals surface area contributed by atoms with Gasteiger partial charge in [-0.15, -0.1) is 0 Å². The first-order valence-corrected chi connectivity index (χ1v) is 7.58. The van der Waals surface area contributed by atoms with Crippen molar-refractivity contribution < 1.29 is 17.9 Å². The smallest absolute Gasteiger partial charge is 0.306 e. The average molecular weight is 262 g/mol. The van der Waals surface area contributed by atoms with E-state index < -0.39 is 9.84 Å². The van der Waals surface area contributed by atoms with Crippen LogP contribution in [0.4, 0.5) is 0 Å². The topological polar surface area (TPSA) is 75.7 Å². The second-order valence-corrected chi connectivity index (χ2v) is 6.72. The van der Waals surface area contributed by atoms with E-state index in [1.165, 1.54) is 7.11 Å². The number of esters is 1. The maximum atomic E-state index is 11.6. The number of carbonyl (C=O) groups is 1. The molecule has 2 saturated heterocycles. The summed E-state index contributed by atoms with van der Waals surface area (Å²) in [6.45, 7) is 2.14. The first-order chi connectivity index (χ1) is 8.02. The van der Waals surface area contributed by atoms with Gasteiger partial charge < -0.3 is 10.1 Å². The predicted molar refractivity (Wildman–Crippen MR) is 62.4 cm³/mol. The van der Waals surface area contributed by atoms with E-state index in [1.54, 1.807) is 0 Å². The Balaban J connectivity index is 1.96. The lowest BCUT2D eigenvalue weighted by molar-refractivity contribution is -0.141. The van der Waals surface area contributed by atoms with Crippen molar-refractivity contribution >= 4 is 15.8 Å².